The van der Waals surface area contributed by atoms with E-state index in [-0.39, 0.29) is 5.56 Å². The first-order valence-electron chi connectivity index (χ1n) is 5.25. The number of aromatic nitrogens is 1. The molecule has 1 heterocycles. The maximum Gasteiger partial charge on any atom is 0.132 e. The number of thiazole rings is 1. The van der Waals surface area contributed by atoms with E-state index < -0.39 is 11.6 Å². The molecule has 0 saturated carbocycles. The van der Waals surface area contributed by atoms with Crippen LogP contribution in [0.25, 0.3) is 11.3 Å². The molecule has 2 nitrogen and oxygen atoms in total. The van der Waals surface area contributed by atoms with E-state index >= 15 is 0 Å². The second kappa shape index (κ2) is 5.33. The number of nitrogens with zero attached hydrogens (tertiary/aromatic N) is 1. The van der Waals surface area contributed by atoms with Gasteiger partial charge in [-0.1, -0.05) is 0 Å². The highest BCUT2D eigenvalue weighted by atomic mass is 32.1. The molecular weight excluding hydrogens is 242 g/mol. The summed E-state index contributed by atoms with van der Waals surface area (Å²) >= 11 is 1.46. The predicted octanol–water partition coefficient (Wildman–Crippen LogP) is 2.85. The third-order valence-corrected chi connectivity index (χ3v) is 3.25. The lowest BCUT2D eigenvalue weighted by molar-refractivity contribution is 0.602. The quantitative estimate of drug-likeness (QED) is 0.907. The molecule has 0 aliphatic heterocycles. The average Bonchev–Trinajstić information content (AvgIpc) is 2.78. The second-order valence-corrected chi connectivity index (χ2v) is 4.55. The predicted molar refractivity (Wildman–Crippen MR) is 65.1 cm³/mol. The number of halogens is 2. The average molecular weight is 254 g/mol. The zero-order valence-corrected chi connectivity index (χ0v) is 10.2. The summed E-state index contributed by atoms with van der Waals surface area (Å²) in [4.78, 5) is 4.29. The van der Waals surface area contributed by atoms with Gasteiger partial charge in [-0.3, -0.25) is 0 Å². The highest BCUT2D eigenvalue weighted by Gasteiger charge is 2.10. The highest BCUT2D eigenvalue weighted by molar-refractivity contribution is 7.09. The first kappa shape index (κ1) is 12.1. The van der Waals surface area contributed by atoms with Crippen LogP contribution >= 0.6 is 11.3 Å². The van der Waals surface area contributed by atoms with Crippen LogP contribution in [0.1, 0.15) is 5.01 Å². The summed E-state index contributed by atoms with van der Waals surface area (Å²) < 4.78 is 26.5. The molecule has 90 valence electrons. The minimum absolute atomic E-state index is 0.219. The normalized spacial score (nSPS) is 10.8. The van der Waals surface area contributed by atoms with Crippen molar-refractivity contribution >= 4 is 11.3 Å². The van der Waals surface area contributed by atoms with Gasteiger partial charge in [-0.2, -0.15) is 0 Å². The molecule has 0 radical (unpaired) electrons. The van der Waals surface area contributed by atoms with Crippen molar-refractivity contribution in [2.75, 3.05) is 13.6 Å². The Kier molecular flexibility index (Phi) is 3.81. The van der Waals surface area contributed by atoms with Crippen LogP contribution in [0.15, 0.2) is 23.6 Å². The van der Waals surface area contributed by atoms with Crippen LogP contribution in [-0.4, -0.2) is 18.6 Å². The Hall–Kier alpha value is -1.33. The number of benzene rings is 1. The Morgan fingerprint density at radius 3 is 2.94 bits per heavy atom. The van der Waals surface area contributed by atoms with Crippen molar-refractivity contribution in [2.24, 2.45) is 0 Å². The number of rotatable bonds is 4. The van der Waals surface area contributed by atoms with Crippen molar-refractivity contribution in [3.05, 3.63) is 40.2 Å². The van der Waals surface area contributed by atoms with Crippen molar-refractivity contribution in [3.63, 3.8) is 0 Å². The number of hydrogen-bond acceptors (Lipinski definition) is 3. The molecule has 0 bridgehead atoms. The van der Waals surface area contributed by atoms with Gasteiger partial charge in [0.2, 0.25) is 0 Å². The van der Waals surface area contributed by atoms with Gasteiger partial charge in [-0.15, -0.1) is 11.3 Å². The molecule has 17 heavy (non-hydrogen) atoms. The lowest BCUT2D eigenvalue weighted by Gasteiger charge is -1.99. The Balaban J connectivity index is 2.27. The van der Waals surface area contributed by atoms with Gasteiger partial charge in [0, 0.05) is 23.9 Å². The highest BCUT2D eigenvalue weighted by Crippen LogP contribution is 2.25. The van der Waals surface area contributed by atoms with E-state index in [2.05, 4.69) is 10.3 Å². The summed E-state index contributed by atoms with van der Waals surface area (Å²) in [5.74, 6) is -0.900. The van der Waals surface area contributed by atoms with Crippen LogP contribution < -0.4 is 5.32 Å². The summed E-state index contributed by atoms with van der Waals surface area (Å²) in [5.41, 5.74) is 0.718. The number of likely N-dealkylation sites (N-methyl/N-ethyl adjacent to an activating group) is 1. The minimum atomic E-state index is -0.453. The van der Waals surface area contributed by atoms with Gasteiger partial charge < -0.3 is 5.32 Å². The maximum absolute atomic E-state index is 13.5. The molecule has 0 fully saturated rings. The molecule has 0 unspecified atom stereocenters. The van der Waals surface area contributed by atoms with Gasteiger partial charge in [-0.05, 0) is 25.2 Å². The van der Waals surface area contributed by atoms with E-state index in [0.29, 0.717) is 5.69 Å². The topological polar surface area (TPSA) is 24.9 Å². The minimum Gasteiger partial charge on any atom is -0.319 e. The molecule has 0 atom stereocenters. The van der Waals surface area contributed by atoms with E-state index in [4.69, 9.17) is 0 Å². The fourth-order valence-electron chi connectivity index (χ4n) is 1.48. The van der Waals surface area contributed by atoms with Gasteiger partial charge >= 0.3 is 0 Å². The van der Waals surface area contributed by atoms with E-state index in [9.17, 15) is 8.78 Å². The Labute approximate surface area is 102 Å². The molecule has 0 aliphatic carbocycles. The molecule has 1 aromatic carbocycles. The molecule has 2 rings (SSSR count). The zero-order valence-electron chi connectivity index (χ0n) is 9.34. The van der Waals surface area contributed by atoms with Gasteiger partial charge in [-0.25, -0.2) is 13.8 Å². The van der Waals surface area contributed by atoms with Crippen molar-refractivity contribution in [2.45, 2.75) is 6.42 Å². The first-order chi connectivity index (χ1) is 8.20. The smallest absolute Gasteiger partial charge is 0.132 e. The van der Waals surface area contributed by atoms with Crippen molar-refractivity contribution in [1.29, 1.82) is 0 Å². The second-order valence-electron chi connectivity index (χ2n) is 3.60. The molecule has 1 N–H and O–H groups in total. The molecule has 0 aliphatic rings. The van der Waals surface area contributed by atoms with Crippen LogP contribution in [0.4, 0.5) is 8.78 Å². The van der Waals surface area contributed by atoms with E-state index in [0.717, 1.165) is 30.1 Å². The van der Waals surface area contributed by atoms with Crippen LogP contribution in [0.3, 0.4) is 0 Å². The molecule has 0 amide bonds. The van der Waals surface area contributed by atoms with Crippen LogP contribution in [0, 0.1) is 11.6 Å². The monoisotopic (exact) mass is 254 g/mol. The van der Waals surface area contributed by atoms with E-state index in [1.165, 1.54) is 17.4 Å². The van der Waals surface area contributed by atoms with Crippen LogP contribution in [-0.2, 0) is 6.42 Å². The van der Waals surface area contributed by atoms with Gasteiger partial charge in [0.15, 0.2) is 0 Å². The number of nitrogens with one attached hydrogen (secondary N) is 1. The molecule has 5 heteroatoms. The van der Waals surface area contributed by atoms with Crippen LogP contribution in [0.5, 0.6) is 0 Å². The van der Waals surface area contributed by atoms with Gasteiger partial charge in [0.25, 0.3) is 0 Å². The summed E-state index contributed by atoms with van der Waals surface area (Å²) in [5, 5.41) is 5.69. The number of hydrogen-bond donors (Lipinski definition) is 1. The Bertz CT molecular complexity index is 511. The van der Waals surface area contributed by atoms with Crippen LogP contribution in [0.2, 0.25) is 0 Å². The van der Waals surface area contributed by atoms with Gasteiger partial charge in [0.1, 0.15) is 11.6 Å². The molecule has 2 aromatic rings. The maximum atomic E-state index is 13.5. The Morgan fingerprint density at radius 2 is 2.18 bits per heavy atom. The summed E-state index contributed by atoms with van der Waals surface area (Å²) in [6.07, 6.45) is 0.790. The molecular formula is C12H12F2N2S. The largest absolute Gasteiger partial charge is 0.319 e. The van der Waals surface area contributed by atoms with E-state index in [1.807, 2.05) is 7.05 Å². The summed E-state index contributed by atoms with van der Waals surface area (Å²) in [6, 6.07) is 3.40. The summed E-state index contributed by atoms with van der Waals surface area (Å²) in [6.45, 7) is 0.818. The lowest BCUT2D eigenvalue weighted by atomic mass is 10.1. The third kappa shape index (κ3) is 2.87. The fourth-order valence-corrected chi connectivity index (χ4v) is 2.27. The summed E-state index contributed by atoms with van der Waals surface area (Å²) in [7, 11) is 1.86. The third-order valence-electron chi connectivity index (χ3n) is 2.34. The standard InChI is InChI=1S/C12H12F2N2S/c1-15-5-4-12-16-11(7-17-12)9-6-8(13)2-3-10(9)14/h2-3,6-7,15H,4-5H2,1H3. The lowest BCUT2D eigenvalue weighted by Crippen LogP contribution is -2.09. The molecule has 0 spiro atoms. The molecule has 1 aromatic heterocycles. The van der Waals surface area contributed by atoms with Crippen molar-refractivity contribution in [1.82, 2.24) is 10.3 Å². The van der Waals surface area contributed by atoms with Crippen molar-refractivity contribution < 1.29 is 8.78 Å². The molecule has 0 saturated heterocycles. The Morgan fingerprint density at radius 1 is 1.35 bits per heavy atom. The zero-order chi connectivity index (χ0) is 12.3. The SMILES string of the molecule is CNCCc1nc(-c2cc(F)ccc2F)cs1. The first-order valence-corrected chi connectivity index (χ1v) is 6.13. The van der Waals surface area contributed by atoms with Crippen molar-refractivity contribution in [3.8, 4) is 11.3 Å². The van der Waals surface area contributed by atoms with Gasteiger partial charge in [0.05, 0.1) is 10.7 Å². The fraction of sp³-hybridized carbons (Fsp3) is 0.250. The van der Waals surface area contributed by atoms with E-state index in [1.54, 1.807) is 5.38 Å².